The SMILES string of the molecule is CCCC1CC(C(CCC(O)CCC(C)O)CC2C=CCCC2)C(C)=CC1C. The number of rotatable bonds is 11. The molecule has 2 nitrogen and oxygen atoms in total. The van der Waals surface area contributed by atoms with Gasteiger partial charge in [-0.2, -0.15) is 0 Å². The minimum atomic E-state index is -0.308. The molecule has 7 atom stereocenters. The second-order valence-electron chi connectivity index (χ2n) is 9.93. The van der Waals surface area contributed by atoms with Gasteiger partial charge in [0.25, 0.3) is 0 Å². The number of aliphatic hydroxyl groups is 2. The molecule has 2 aliphatic carbocycles. The first-order valence-electron chi connectivity index (χ1n) is 12.1. The van der Waals surface area contributed by atoms with E-state index in [-0.39, 0.29) is 12.2 Å². The Labute approximate surface area is 174 Å². The predicted octanol–water partition coefficient (Wildman–Crippen LogP) is 6.67. The Balaban J connectivity index is 2.04. The Morgan fingerprint density at radius 1 is 1.14 bits per heavy atom. The molecule has 2 N–H and O–H groups in total. The van der Waals surface area contributed by atoms with E-state index in [0.29, 0.717) is 24.2 Å². The molecule has 162 valence electrons. The van der Waals surface area contributed by atoms with E-state index in [1.54, 1.807) is 5.57 Å². The molecule has 7 unspecified atom stereocenters. The summed E-state index contributed by atoms with van der Waals surface area (Å²) in [6.07, 6.45) is 19.4. The van der Waals surface area contributed by atoms with Crippen molar-refractivity contribution >= 4 is 0 Å². The molecule has 0 spiro atoms. The molecule has 2 rings (SSSR count). The van der Waals surface area contributed by atoms with Gasteiger partial charge in [-0.3, -0.25) is 0 Å². The highest BCUT2D eigenvalue weighted by Crippen LogP contribution is 2.43. The van der Waals surface area contributed by atoms with Gasteiger partial charge in [0.2, 0.25) is 0 Å². The molecule has 2 aliphatic rings. The minimum absolute atomic E-state index is 0.266. The van der Waals surface area contributed by atoms with Crippen LogP contribution in [0.25, 0.3) is 0 Å². The Hall–Kier alpha value is -0.600. The van der Waals surface area contributed by atoms with Gasteiger partial charge in [-0.25, -0.2) is 0 Å². The van der Waals surface area contributed by atoms with Crippen LogP contribution in [0.3, 0.4) is 0 Å². The number of hydrogen-bond acceptors (Lipinski definition) is 2. The van der Waals surface area contributed by atoms with E-state index < -0.39 is 0 Å². The van der Waals surface area contributed by atoms with Gasteiger partial charge >= 0.3 is 0 Å². The van der Waals surface area contributed by atoms with E-state index in [4.69, 9.17) is 0 Å². The Morgan fingerprint density at radius 2 is 1.89 bits per heavy atom. The van der Waals surface area contributed by atoms with Gasteiger partial charge in [0.05, 0.1) is 12.2 Å². The van der Waals surface area contributed by atoms with E-state index in [1.807, 2.05) is 6.92 Å². The Morgan fingerprint density at radius 3 is 2.54 bits per heavy atom. The van der Waals surface area contributed by atoms with Gasteiger partial charge in [-0.1, -0.05) is 50.5 Å². The second kappa shape index (κ2) is 12.2. The van der Waals surface area contributed by atoms with E-state index in [9.17, 15) is 10.2 Å². The van der Waals surface area contributed by atoms with Crippen molar-refractivity contribution in [3.8, 4) is 0 Å². The van der Waals surface area contributed by atoms with E-state index in [1.165, 1.54) is 44.9 Å². The quantitative estimate of drug-likeness (QED) is 0.387. The van der Waals surface area contributed by atoms with Crippen LogP contribution in [-0.4, -0.2) is 22.4 Å². The van der Waals surface area contributed by atoms with Gasteiger partial charge < -0.3 is 10.2 Å². The van der Waals surface area contributed by atoms with Crippen molar-refractivity contribution in [2.75, 3.05) is 0 Å². The van der Waals surface area contributed by atoms with Crippen molar-refractivity contribution in [3.05, 3.63) is 23.8 Å². The zero-order valence-electron chi connectivity index (χ0n) is 18.9. The molecule has 0 aliphatic heterocycles. The number of allylic oxidation sites excluding steroid dienone is 4. The van der Waals surface area contributed by atoms with Gasteiger partial charge in [-0.15, -0.1) is 0 Å². The van der Waals surface area contributed by atoms with Crippen LogP contribution in [0.15, 0.2) is 23.8 Å². The maximum absolute atomic E-state index is 10.5. The van der Waals surface area contributed by atoms with Gasteiger partial charge in [0.15, 0.2) is 0 Å². The highest BCUT2D eigenvalue weighted by atomic mass is 16.3. The topological polar surface area (TPSA) is 40.5 Å². The molecular weight excluding hydrogens is 344 g/mol. The summed E-state index contributed by atoms with van der Waals surface area (Å²) in [5.74, 6) is 3.63. The van der Waals surface area contributed by atoms with Crippen molar-refractivity contribution in [2.24, 2.45) is 29.6 Å². The largest absolute Gasteiger partial charge is 0.393 e. The molecule has 0 aromatic heterocycles. The Bertz CT molecular complexity index is 493. The minimum Gasteiger partial charge on any atom is -0.393 e. The van der Waals surface area contributed by atoms with Gasteiger partial charge in [0, 0.05) is 0 Å². The lowest BCUT2D eigenvalue weighted by molar-refractivity contribution is 0.104. The van der Waals surface area contributed by atoms with Crippen molar-refractivity contribution in [1.29, 1.82) is 0 Å². The molecule has 2 heteroatoms. The average molecular weight is 391 g/mol. The molecule has 0 aromatic carbocycles. The van der Waals surface area contributed by atoms with Crippen molar-refractivity contribution in [2.45, 2.75) is 111 Å². The third-order valence-corrected chi connectivity index (χ3v) is 7.39. The maximum atomic E-state index is 10.5. The average Bonchev–Trinajstić information content (AvgIpc) is 2.66. The molecule has 28 heavy (non-hydrogen) atoms. The molecular formula is C26H46O2. The third-order valence-electron chi connectivity index (χ3n) is 7.39. The van der Waals surface area contributed by atoms with Crippen molar-refractivity contribution < 1.29 is 10.2 Å². The highest BCUT2D eigenvalue weighted by molar-refractivity contribution is 5.13. The second-order valence-corrected chi connectivity index (χ2v) is 9.93. The summed E-state index contributed by atoms with van der Waals surface area (Å²) < 4.78 is 0. The fourth-order valence-electron chi connectivity index (χ4n) is 5.65. The molecule has 0 fully saturated rings. The van der Waals surface area contributed by atoms with Crippen LogP contribution in [0.1, 0.15) is 98.3 Å². The van der Waals surface area contributed by atoms with Crippen LogP contribution in [0, 0.1) is 29.6 Å². The van der Waals surface area contributed by atoms with E-state index in [2.05, 4.69) is 39.0 Å². The van der Waals surface area contributed by atoms with Crippen molar-refractivity contribution in [3.63, 3.8) is 0 Å². The summed E-state index contributed by atoms with van der Waals surface area (Å²) in [7, 11) is 0. The first-order chi connectivity index (χ1) is 13.4. The summed E-state index contributed by atoms with van der Waals surface area (Å²) in [6.45, 7) is 8.89. The lowest BCUT2D eigenvalue weighted by atomic mass is 9.66. The summed E-state index contributed by atoms with van der Waals surface area (Å²) in [5.41, 5.74) is 1.60. The number of hydrogen-bond donors (Lipinski definition) is 2. The van der Waals surface area contributed by atoms with E-state index >= 15 is 0 Å². The van der Waals surface area contributed by atoms with Crippen LogP contribution < -0.4 is 0 Å². The van der Waals surface area contributed by atoms with Gasteiger partial charge in [-0.05, 0) is 101 Å². The van der Waals surface area contributed by atoms with E-state index in [0.717, 1.165) is 31.1 Å². The summed E-state index contributed by atoms with van der Waals surface area (Å²) in [6, 6.07) is 0. The fraction of sp³-hybridized carbons (Fsp3) is 0.846. The molecule has 0 heterocycles. The van der Waals surface area contributed by atoms with Crippen LogP contribution in [0.4, 0.5) is 0 Å². The van der Waals surface area contributed by atoms with Gasteiger partial charge in [0.1, 0.15) is 0 Å². The Kier molecular flexibility index (Phi) is 10.3. The summed E-state index contributed by atoms with van der Waals surface area (Å²) in [5, 5.41) is 20.0. The van der Waals surface area contributed by atoms with Crippen molar-refractivity contribution in [1.82, 2.24) is 0 Å². The molecule has 0 aromatic rings. The van der Waals surface area contributed by atoms with Crippen LogP contribution >= 0.6 is 0 Å². The zero-order valence-corrected chi connectivity index (χ0v) is 18.9. The zero-order chi connectivity index (χ0) is 20.5. The molecule has 0 amide bonds. The highest BCUT2D eigenvalue weighted by Gasteiger charge is 2.33. The first kappa shape index (κ1) is 23.7. The molecule has 0 bridgehead atoms. The number of aliphatic hydroxyl groups excluding tert-OH is 2. The lowest BCUT2D eigenvalue weighted by Gasteiger charge is -2.39. The lowest BCUT2D eigenvalue weighted by Crippen LogP contribution is -2.29. The van der Waals surface area contributed by atoms with Crippen LogP contribution in [0.2, 0.25) is 0 Å². The molecule has 0 saturated heterocycles. The molecule has 0 radical (unpaired) electrons. The summed E-state index contributed by atoms with van der Waals surface area (Å²) >= 11 is 0. The predicted molar refractivity (Wildman–Crippen MR) is 120 cm³/mol. The first-order valence-corrected chi connectivity index (χ1v) is 12.1. The third kappa shape index (κ3) is 7.67. The fourth-order valence-corrected chi connectivity index (χ4v) is 5.65. The van der Waals surface area contributed by atoms with Crippen LogP contribution in [-0.2, 0) is 0 Å². The normalized spacial score (nSPS) is 31.3. The summed E-state index contributed by atoms with van der Waals surface area (Å²) in [4.78, 5) is 0. The standard InChI is InChI=1S/C26H46O2/c1-5-9-23-18-26(20(3)16-19(23)2)24(17-22-10-7-6-8-11-22)13-15-25(28)14-12-21(4)27/h7,10,16,19,21-28H,5-6,8-9,11-15,17-18H2,1-4H3. The maximum Gasteiger partial charge on any atom is 0.0541 e. The van der Waals surface area contributed by atoms with Crippen LogP contribution in [0.5, 0.6) is 0 Å². The monoisotopic (exact) mass is 390 g/mol. The smallest absolute Gasteiger partial charge is 0.0541 e. The molecule has 0 saturated carbocycles.